The van der Waals surface area contributed by atoms with Crippen LogP contribution in [-0.2, 0) is 5.75 Å². The van der Waals surface area contributed by atoms with E-state index in [1.165, 1.54) is 30.0 Å². The Hall–Kier alpha value is -1.83. The van der Waals surface area contributed by atoms with E-state index in [0.717, 1.165) is 5.56 Å². The second-order valence-corrected chi connectivity index (χ2v) is 5.04. The SMILES string of the molecule is NCC#Cc1cc(F)ccc1CSc1ccccc1F. The molecule has 0 atom stereocenters. The summed E-state index contributed by atoms with van der Waals surface area (Å²) in [4.78, 5) is 0.564. The lowest BCUT2D eigenvalue weighted by molar-refractivity contribution is 0.602. The largest absolute Gasteiger partial charge is 0.320 e. The maximum Gasteiger partial charge on any atom is 0.136 e. The summed E-state index contributed by atoms with van der Waals surface area (Å²) < 4.78 is 26.8. The zero-order valence-electron chi connectivity index (χ0n) is 10.7. The maximum absolute atomic E-state index is 13.5. The van der Waals surface area contributed by atoms with E-state index in [9.17, 15) is 8.78 Å². The fourth-order valence-electron chi connectivity index (χ4n) is 1.65. The van der Waals surface area contributed by atoms with Crippen molar-refractivity contribution in [3.05, 3.63) is 65.2 Å². The molecule has 1 nitrogen and oxygen atoms in total. The molecule has 0 spiro atoms. The van der Waals surface area contributed by atoms with Crippen LogP contribution >= 0.6 is 11.8 Å². The van der Waals surface area contributed by atoms with Gasteiger partial charge in [0.05, 0.1) is 6.54 Å². The molecule has 2 N–H and O–H groups in total. The van der Waals surface area contributed by atoms with E-state index < -0.39 is 0 Å². The van der Waals surface area contributed by atoms with Gasteiger partial charge >= 0.3 is 0 Å². The maximum atomic E-state index is 13.5. The number of hydrogen-bond donors (Lipinski definition) is 1. The molecule has 0 aromatic heterocycles. The van der Waals surface area contributed by atoms with Crippen molar-refractivity contribution in [1.82, 2.24) is 0 Å². The molecule has 0 bridgehead atoms. The van der Waals surface area contributed by atoms with E-state index >= 15 is 0 Å². The van der Waals surface area contributed by atoms with Gasteiger partial charge < -0.3 is 5.73 Å². The highest BCUT2D eigenvalue weighted by molar-refractivity contribution is 7.98. The van der Waals surface area contributed by atoms with Gasteiger partial charge in [-0.1, -0.05) is 30.0 Å². The third-order valence-corrected chi connectivity index (χ3v) is 3.71. The first-order chi connectivity index (χ1) is 9.70. The Bertz CT molecular complexity index is 659. The van der Waals surface area contributed by atoms with Gasteiger partial charge in [-0.3, -0.25) is 0 Å². The number of nitrogens with two attached hydrogens (primary N) is 1. The van der Waals surface area contributed by atoms with Crippen LogP contribution in [0.15, 0.2) is 47.4 Å². The molecule has 4 heteroatoms. The normalized spacial score (nSPS) is 9.95. The summed E-state index contributed by atoms with van der Waals surface area (Å²) in [6.07, 6.45) is 0. The summed E-state index contributed by atoms with van der Waals surface area (Å²) in [5.74, 6) is 5.48. The van der Waals surface area contributed by atoms with Crippen molar-refractivity contribution in [3.63, 3.8) is 0 Å². The fourth-order valence-corrected chi connectivity index (χ4v) is 2.60. The number of benzene rings is 2. The zero-order valence-corrected chi connectivity index (χ0v) is 11.5. The Balaban J connectivity index is 2.19. The molecule has 0 radical (unpaired) electrons. The van der Waals surface area contributed by atoms with Crippen LogP contribution in [0.25, 0.3) is 0 Å². The van der Waals surface area contributed by atoms with Crippen LogP contribution in [-0.4, -0.2) is 6.54 Å². The molecule has 0 unspecified atom stereocenters. The molecular formula is C16H13F2NS. The van der Waals surface area contributed by atoms with Crippen molar-refractivity contribution in [1.29, 1.82) is 0 Å². The summed E-state index contributed by atoms with van der Waals surface area (Å²) in [5.41, 5.74) is 6.79. The van der Waals surface area contributed by atoms with Gasteiger partial charge in [0.1, 0.15) is 11.6 Å². The minimum absolute atomic E-state index is 0.219. The van der Waals surface area contributed by atoms with E-state index in [1.807, 2.05) is 0 Å². The Morgan fingerprint density at radius 3 is 2.65 bits per heavy atom. The minimum Gasteiger partial charge on any atom is -0.320 e. The van der Waals surface area contributed by atoms with E-state index in [2.05, 4.69) is 11.8 Å². The lowest BCUT2D eigenvalue weighted by Gasteiger charge is -2.06. The quantitative estimate of drug-likeness (QED) is 0.690. The zero-order chi connectivity index (χ0) is 14.4. The molecule has 0 aliphatic carbocycles. The number of halogens is 2. The predicted octanol–water partition coefficient (Wildman–Crippen LogP) is 3.57. The lowest BCUT2D eigenvalue weighted by atomic mass is 10.1. The van der Waals surface area contributed by atoms with Crippen LogP contribution in [0.4, 0.5) is 8.78 Å². The molecule has 20 heavy (non-hydrogen) atoms. The molecule has 0 aliphatic rings. The fraction of sp³-hybridized carbons (Fsp3) is 0.125. The average Bonchev–Trinajstić information content (AvgIpc) is 2.45. The van der Waals surface area contributed by atoms with Crippen molar-refractivity contribution in [2.45, 2.75) is 10.6 Å². The Morgan fingerprint density at radius 1 is 1.10 bits per heavy atom. The van der Waals surface area contributed by atoms with E-state index in [0.29, 0.717) is 16.2 Å². The van der Waals surface area contributed by atoms with Crippen LogP contribution in [0.3, 0.4) is 0 Å². The van der Waals surface area contributed by atoms with Crippen molar-refractivity contribution in [2.75, 3.05) is 6.54 Å². The third-order valence-electron chi connectivity index (χ3n) is 2.62. The third kappa shape index (κ3) is 3.83. The molecule has 0 amide bonds. The van der Waals surface area contributed by atoms with Gasteiger partial charge in [0.2, 0.25) is 0 Å². The molecule has 0 aliphatic heterocycles. The monoisotopic (exact) mass is 289 g/mol. The smallest absolute Gasteiger partial charge is 0.136 e. The molecule has 0 saturated heterocycles. The highest BCUT2D eigenvalue weighted by Crippen LogP contribution is 2.26. The van der Waals surface area contributed by atoms with Gasteiger partial charge in [-0.05, 0) is 29.8 Å². The van der Waals surface area contributed by atoms with E-state index in [-0.39, 0.29) is 18.2 Å². The van der Waals surface area contributed by atoms with Crippen molar-refractivity contribution in [2.24, 2.45) is 5.73 Å². The Labute approximate surface area is 121 Å². The Kier molecular flexibility index (Phi) is 5.16. The summed E-state index contributed by atoms with van der Waals surface area (Å²) in [7, 11) is 0. The van der Waals surface area contributed by atoms with Gasteiger partial charge in [0.15, 0.2) is 0 Å². The van der Waals surface area contributed by atoms with E-state index in [1.54, 1.807) is 24.3 Å². The second-order valence-electron chi connectivity index (χ2n) is 4.03. The lowest BCUT2D eigenvalue weighted by Crippen LogP contribution is -1.95. The number of hydrogen-bond acceptors (Lipinski definition) is 2. The first kappa shape index (κ1) is 14.6. The van der Waals surface area contributed by atoms with Crippen LogP contribution in [0, 0.1) is 23.5 Å². The molecule has 0 fully saturated rings. The standard InChI is InChI=1S/C16H13F2NS/c17-14-8-7-13(12(10-14)4-3-9-19)11-20-16-6-2-1-5-15(16)18/h1-2,5-8,10H,9,11,19H2. The highest BCUT2D eigenvalue weighted by Gasteiger charge is 2.06. The summed E-state index contributed by atoms with van der Waals surface area (Å²) in [6.45, 7) is 0.219. The van der Waals surface area contributed by atoms with Crippen LogP contribution < -0.4 is 5.73 Å². The highest BCUT2D eigenvalue weighted by atomic mass is 32.2. The first-order valence-corrected chi connectivity index (χ1v) is 7.04. The second kappa shape index (κ2) is 7.09. The summed E-state index contributed by atoms with van der Waals surface area (Å²) >= 11 is 1.36. The topological polar surface area (TPSA) is 26.0 Å². The van der Waals surface area contributed by atoms with Crippen molar-refractivity contribution >= 4 is 11.8 Å². The molecule has 2 rings (SSSR count). The summed E-state index contributed by atoms with van der Waals surface area (Å²) in [6, 6.07) is 11.0. The molecule has 2 aromatic rings. The van der Waals surface area contributed by atoms with Gasteiger partial charge in [-0.2, -0.15) is 0 Å². The summed E-state index contributed by atoms with van der Waals surface area (Å²) in [5, 5.41) is 0. The van der Waals surface area contributed by atoms with Gasteiger partial charge in [-0.25, -0.2) is 8.78 Å². The number of thioether (sulfide) groups is 1. The molecule has 102 valence electrons. The van der Waals surface area contributed by atoms with Gasteiger partial charge in [-0.15, -0.1) is 11.8 Å². The molecule has 2 aromatic carbocycles. The van der Waals surface area contributed by atoms with Gasteiger partial charge in [0.25, 0.3) is 0 Å². The van der Waals surface area contributed by atoms with Gasteiger partial charge in [0, 0.05) is 16.2 Å². The molecule has 0 saturated carbocycles. The number of rotatable bonds is 3. The Morgan fingerprint density at radius 2 is 1.90 bits per heavy atom. The molecular weight excluding hydrogens is 276 g/mol. The average molecular weight is 289 g/mol. The van der Waals surface area contributed by atoms with Crippen molar-refractivity contribution in [3.8, 4) is 11.8 Å². The minimum atomic E-state index is -0.342. The van der Waals surface area contributed by atoms with Crippen LogP contribution in [0.2, 0.25) is 0 Å². The molecule has 0 heterocycles. The van der Waals surface area contributed by atoms with Crippen molar-refractivity contribution < 1.29 is 8.78 Å². The van der Waals surface area contributed by atoms with Crippen LogP contribution in [0.5, 0.6) is 0 Å². The van der Waals surface area contributed by atoms with Crippen LogP contribution in [0.1, 0.15) is 11.1 Å². The predicted molar refractivity (Wildman–Crippen MR) is 78.3 cm³/mol. The van der Waals surface area contributed by atoms with E-state index in [4.69, 9.17) is 5.73 Å². The first-order valence-electron chi connectivity index (χ1n) is 6.05.